The predicted molar refractivity (Wildman–Crippen MR) is 95.2 cm³/mol. The van der Waals surface area contributed by atoms with Crippen LogP contribution >= 0.6 is 0 Å². The first-order valence-corrected chi connectivity index (χ1v) is 9.47. The molecule has 2 aromatic rings. The average molecular weight is 327 g/mol. The first kappa shape index (κ1) is 15.9. The molecule has 5 nitrogen and oxygen atoms in total. The molecule has 5 heteroatoms. The minimum atomic E-state index is 0.637. The van der Waals surface area contributed by atoms with Gasteiger partial charge in [-0.1, -0.05) is 0 Å². The summed E-state index contributed by atoms with van der Waals surface area (Å²) < 4.78 is 4.47. The Morgan fingerprint density at radius 3 is 2.96 bits per heavy atom. The lowest BCUT2D eigenvalue weighted by atomic mass is 10.0. The van der Waals surface area contributed by atoms with Crippen LogP contribution in [0.3, 0.4) is 0 Å². The van der Waals surface area contributed by atoms with Crippen LogP contribution in [0.2, 0.25) is 0 Å². The summed E-state index contributed by atoms with van der Waals surface area (Å²) in [4.78, 5) is 7.49. The normalized spacial score (nSPS) is 21.3. The molecule has 4 rings (SSSR count). The molecule has 1 atom stereocenters. The molecule has 1 saturated heterocycles. The zero-order chi connectivity index (χ0) is 16.5. The third kappa shape index (κ3) is 3.14. The minimum absolute atomic E-state index is 0.637. The maximum atomic E-state index is 4.86. The molecule has 24 heavy (non-hydrogen) atoms. The van der Waals surface area contributed by atoms with E-state index < -0.39 is 0 Å². The highest BCUT2D eigenvalue weighted by Crippen LogP contribution is 2.30. The number of aromatic nitrogens is 4. The van der Waals surface area contributed by atoms with Crippen LogP contribution in [-0.4, -0.2) is 43.9 Å². The van der Waals surface area contributed by atoms with Gasteiger partial charge in [0.15, 0.2) is 0 Å². The van der Waals surface area contributed by atoms with Gasteiger partial charge in [0, 0.05) is 38.1 Å². The molecule has 1 aliphatic carbocycles. The van der Waals surface area contributed by atoms with Gasteiger partial charge in [0.1, 0.15) is 5.82 Å². The largest absolute Gasteiger partial charge is 0.328 e. The van der Waals surface area contributed by atoms with Crippen LogP contribution in [0.1, 0.15) is 54.5 Å². The second-order valence-corrected chi connectivity index (χ2v) is 7.50. The topological polar surface area (TPSA) is 38.9 Å². The number of fused-ring (bicyclic) bond motifs is 1. The Kier molecular flexibility index (Phi) is 4.44. The van der Waals surface area contributed by atoms with Crippen molar-refractivity contribution in [3.8, 4) is 0 Å². The maximum absolute atomic E-state index is 4.86. The molecule has 1 aliphatic heterocycles. The van der Waals surface area contributed by atoms with Crippen molar-refractivity contribution in [2.45, 2.75) is 57.9 Å². The van der Waals surface area contributed by atoms with E-state index in [0.29, 0.717) is 6.04 Å². The van der Waals surface area contributed by atoms with Crippen molar-refractivity contribution in [1.29, 1.82) is 0 Å². The van der Waals surface area contributed by atoms with Gasteiger partial charge in [-0.2, -0.15) is 5.10 Å². The minimum Gasteiger partial charge on any atom is -0.328 e. The second kappa shape index (κ2) is 6.71. The van der Waals surface area contributed by atoms with Crippen molar-refractivity contribution in [2.24, 2.45) is 7.05 Å². The second-order valence-electron chi connectivity index (χ2n) is 7.50. The van der Waals surface area contributed by atoms with Gasteiger partial charge in [0.2, 0.25) is 0 Å². The van der Waals surface area contributed by atoms with Crippen molar-refractivity contribution in [1.82, 2.24) is 24.2 Å². The summed E-state index contributed by atoms with van der Waals surface area (Å²) in [6.07, 6.45) is 12.8. The van der Waals surface area contributed by atoms with Crippen LogP contribution in [0.15, 0.2) is 12.4 Å². The Morgan fingerprint density at radius 1 is 1.25 bits per heavy atom. The number of imidazole rings is 1. The van der Waals surface area contributed by atoms with Gasteiger partial charge in [-0.15, -0.1) is 0 Å². The SMILES string of the molecule is Cc1nc2c(n1[C@H]1CCN(CCCc3cnn(C)c3)C1)CCCC2. The number of nitrogens with zero attached hydrogens (tertiary/aromatic N) is 5. The van der Waals surface area contributed by atoms with Crippen LogP contribution in [0.25, 0.3) is 0 Å². The van der Waals surface area contributed by atoms with E-state index in [1.54, 1.807) is 5.69 Å². The fourth-order valence-corrected chi connectivity index (χ4v) is 4.52. The molecular formula is C19H29N5. The van der Waals surface area contributed by atoms with Gasteiger partial charge in [0.05, 0.1) is 11.9 Å². The lowest BCUT2D eigenvalue weighted by molar-refractivity contribution is 0.317. The Morgan fingerprint density at radius 2 is 2.12 bits per heavy atom. The van der Waals surface area contributed by atoms with Crippen LogP contribution in [0.4, 0.5) is 0 Å². The summed E-state index contributed by atoms with van der Waals surface area (Å²) in [5, 5.41) is 4.26. The van der Waals surface area contributed by atoms with Gasteiger partial charge in [0.25, 0.3) is 0 Å². The Bertz CT molecular complexity index is 699. The summed E-state index contributed by atoms with van der Waals surface area (Å²) in [6.45, 7) is 5.81. The Labute approximate surface area is 144 Å². The van der Waals surface area contributed by atoms with E-state index in [-0.39, 0.29) is 0 Å². The molecule has 0 saturated carbocycles. The van der Waals surface area contributed by atoms with Crippen molar-refractivity contribution in [3.63, 3.8) is 0 Å². The zero-order valence-electron chi connectivity index (χ0n) is 15.0. The van der Waals surface area contributed by atoms with Crippen LogP contribution in [0.5, 0.6) is 0 Å². The van der Waals surface area contributed by atoms with Crippen LogP contribution in [-0.2, 0) is 26.3 Å². The third-order valence-electron chi connectivity index (χ3n) is 5.66. The lowest BCUT2D eigenvalue weighted by Gasteiger charge is -2.21. The number of hydrogen-bond acceptors (Lipinski definition) is 3. The van der Waals surface area contributed by atoms with E-state index >= 15 is 0 Å². The van der Waals surface area contributed by atoms with E-state index in [1.807, 2.05) is 17.9 Å². The van der Waals surface area contributed by atoms with Crippen LogP contribution in [0, 0.1) is 6.92 Å². The quantitative estimate of drug-likeness (QED) is 0.847. The molecule has 0 amide bonds. The molecule has 3 heterocycles. The average Bonchev–Trinajstić information content (AvgIpc) is 3.26. The van der Waals surface area contributed by atoms with Gasteiger partial charge >= 0.3 is 0 Å². The molecule has 2 aromatic heterocycles. The molecule has 0 aromatic carbocycles. The van der Waals surface area contributed by atoms with Gasteiger partial charge in [-0.3, -0.25) is 4.68 Å². The standard InChI is InChI=1S/C19H29N5/c1-15-21-18-7-3-4-8-19(18)24(15)17-9-11-23(14-17)10-5-6-16-12-20-22(2)13-16/h12-13,17H,3-11,14H2,1-2H3/t17-/m0/s1. The first-order valence-electron chi connectivity index (χ1n) is 9.47. The van der Waals surface area contributed by atoms with E-state index in [2.05, 4.69) is 27.7 Å². The van der Waals surface area contributed by atoms with Gasteiger partial charge in [-0.25, -0.2) is 4.98 Å². The summed E-state index contributed by atoms with van der Waals surface area (Å²) in [6, 6.07) is 0.637. The molecule has 0 radical (unpaired) electrons. The fraction of sp³-hybridized carbons (Fsp3) is 0.684. The summed E-state index contributed by atoms with van der Waals surface area (Å²) in [5.41, 5.74) is 4.28. The zero-order valence-corrected chi connectivity index (χ0v) is 15.0. The molecule has 0 N–H and O–H groups in total. The molecule has 130 valence electrons. The van der Waals surface area contributed by atoms with E-state index in [9.17, 15) is 0 Å². The van der Waals surface area contributed by atoms with E-state index in [4.69, 9.17) is 4.98 Å². The highest BCUT2D eigenvalue weighted by atomic mass is 15.2. The first-order chi connectivity index (χ1) is 11.7. The Balaban J connectivity index is 1.34. The Hall–Kier alpha value is -1.62. The van der Waals surface area contributed by atoms with E-state index in [1.165, 1.54) is 75.2 Å². The van der Waals surface area contributed by atoms with Gasteiger partial charge in [-0.05, 0) is 64.0 Å². The molecular weight excluding hydrogens is 298 g/mol. The van der Waals surface area contributed by atoms with Gasteiger partial charge < -0.3 is 9.47 Å². The van der Waals surface area contributed by atoms with E-state index in [0.717, 1.165) is 6.42 Å². The summed E-state index contributed by atoms with van der Waals surface area (Å²) in [5.74, 6) is 1.24. The van der Waals surface area contributed by atoms with Crippen molar-refractivity contribution < 1.29 is 0 Å². The number of aryl methyl sites for hydroxylation is 4. The summed E-state index contributed by atoms with van der Waals surface area (Å²) in [7, 11) is 1.99. The fourth-order valence-electron chi connectivity index (χ4n) is 4.52. The van der Waals surface area contributed by atoms with Crippen molar-refractivity contribution >= 4 is 0 Å². The monoisotopic (exact) mass is 327 g/mol. The molecule has 0 unspecified atom stereocenters. The molecule has 2 aliphatic rings. The predicted octanol–water partition coefficient (Wildman–Crippen LogP) is 2.68. The molecule has 0 spiro atoms. The lowest BCUT2D eigenvalue weighted by Crippen LogP contribution is -2.24. The van der Waals surface area contributed by atoms with Crippen LogP contribution < -0.4 is 0 Å². The number of hydrogen-bond donors (Lipinski definition) is 0. The molecule has 0 bridgehead atoms. The highest BCUT2D eigenvalue weighted by molar-refractivity contribution is 5.21. The van der Waals surface area contributed by atoms with Crippen molar-refractivity contribution in [3.05, 3.63) is 35.2 Å². The highest BCUT2D eigenvalue weighted by Gasteiger charge is 2.28. The third-order valence-corrected chi connectivity index (χ3v) is 5.66. The molecule has 1 fully saturated rings. The number of likely N-dealkylation sites (tertiary alicyclic amines) is 1. The summed E-state index contributed by atoms with van der Waals surface area (Å²) >= 11 is 0. The smallest absolute Gasteiger partial charge is 0.106 e. The van der Waals surface area contributed by atoms with Crippen molar-refractivity contribution in [2.75, 3.05) is 19.6 Å². The number of rotatable bonds is 5. The maximum Gasteiger partial charge on any atom is 0.106 e.